The van der Waals surface area contributed by atoms with Gasteiger partial charge in [-0.3, -0.25) is 14.4 Å². The Kier molecular flexibility index (Phi) is 6.39. The second-order valence-corrected chi connectivity index (χ2v) is 7.13. The zero-order chi connectivity index (χ0) is 21.0. The lowest BCUT2D eigenvalue weighted by Crippen LogP contribution is -2.28. The van der Waals surface area contributed by atoms with Gasteiger partial charge in [-0.25, -0.2) is 0 Å². The van der Waals surface area contributed by atoms with Crippen LogP contribution >= 0.6 is 11.6 Å². The number of carbonyl (C=O) groups excluding carboxylic acids is 3. The van der Waals surface area contributed by atoms with Gasteiger partial charge in [0.15, 0.2) is 6.61 Å². The van der Waals surface area contributed by atoms with Gasteiger partial charge in [0, 0.05) is 35.4 Å². The molecule has 152 valence electrons. The summed E-state index contributed by atoms with van der Waals surface area (Å²) in [5.74, 6) is -1.25. The summed E-state index contributed by atoms with van der Waals surface area (Å²) in [5, 5.41) is 3.15. The number of aryl methyl sites for hydroxylation is 1. The van der Waals surface area contributed by atoms with Crippen LogP contribution in [0, 0.1) is 12.8 Å². The Labute approximate surface area is 173 Å². The summed E-state index contributed by atoms with van der Waals surface area (Å²) >= 11 is 6.03. The monoisotopic (exact) mass is 416 g/mol. The van der Waals surface area contributed by atoms with Crippen LogP contribution < -0.4 is 15.0 Å². The first-order chi connectivity index (χ1) is 13.9. The Morgan fingerprint density at radius 3 is 2.76 bits per heavy atom. The second-order valence-electron chi connectivity index (χ2n) is 6.73. The van der Waals surface area contributed by atoms with Crippen LogP contribution in [0.5, 0.6) is 5.75 Å². The van der Waals surface area contributed by atoms with E-state index in [0.29, 0.717) is 22.1 Å². The van der Waals surface area contributed by atoms with Crippen molar-refractivity contribution in [2.75, 3.05) is 30.5 Å². The topological polar surface area (TPSA) is 84.9 Å². The molecule has 3 rings (SSSR count). The number of rotatable bonds is 6. The fourth-order valence-electron chi connectivity index (χ4n) is 3.02. The van der Waals surface area contributed by atoms with Gasteiger partial charge in [-0.1, -0.05) is 23.7 Å². The second kappa shape index (κ2) is 8.96. The highest BCUT2D eigenvalue weighted by Crippen LogP contribution is 2.28. The Morgan fingerprint density at radius 2 is 2.03 bits per heavy atom. The van der Waals surface area contributed by atoms with Gasteiger partial charge >= 0.3 is 5.97 Å². The predicted molar refractivity (Wildman–Crippen MR) is 109 cm³/mol. The number of ether oxygens (including phenoxy) is 2. The van der Waals surface area contributed by atoms with Gasteiger partial charge in [0.2, 0.25) is 5.91 Å². The highest BCUT2D eigenvalue weighted by molar-refractivity contribution is 6.31. The van der Waals surface area contributed by atoms with E-state index in [2.05, 4.69) is 5.32 Å². The summed E-state index contributed by atoms with van der Waals surface area (Å²) in [5.41, 5.74) is 2.06. The van der Waals surface area contributed by atoms with Crippen molar-refractivity contribution >= 4 is 40.8 Å². The third-order valence-corrected chi connectivity index (χ3v) is 5.03. The third-order valence-electron chi connectivity index (χ3n) is 4.62. The number of nitrogens with one attached hydrogen (secondary N) is 1. The minimum absolute atomic E-state index is 0.0330. The summed E-state index contributed by atoms with van der Waals surface area (Å²) in [6.07, 6.45) is 0.0330. The van der Waals surface area contributed by atoms with E-state index in [4.69, 9.17) is 21.1 Å². The van der Waals surface area contributed by atoms with E-state index in [-0.39, 0.29) is 18.9 Å². The van der Waals surface area contributed by atoms with E-state index in [0.717, 1.165) is 5.56 Å². The van der Waals surface area contributed by atoms with Gasteiger partial charge in [-0.15, -0.1) is 0 Å². The average Bonchev–Trinajstić information content (AvgIpc) is 3.11. The molecule has 2 aromatic carbocycles. The van der Waals surface area contributed by atoms with Crippen LogP contribution in [0.25, 0.3) is 0 Å². The fraction of sp³-hybridized carbons (Fsp3) is 0.286. The van der Waals surface area contributed by atoms with Crippen LogP contribution in [-0.4, -0.2) is 38.0 Å². The molecular formula is C21H21ClN2O5. The lowest BCUT2D eigenvalue weighted by atomic mass is 10.1. The highest BCUT2D eigenvalue weighted by atomic mass is 35.5. The first-order valence-electron chi connectivity index (χ1n) is 9.04. The Hall–Kier alpha value is -3.06. The van der Waals surface area contributed by atoms with Crippen LogP contribution in [0.15, 0.2) is 42.5 Å². The van der Waals surface area contributed by atoms with Crippen LogP contribution in [0.4, 0.5) is 11.4 Å². The molecule has 1 N–H and O–H groups in total. The lowest BCUT2D eigenvalue weighted by Gasteiger charge is -2.17. The highest BCUT2D eigenvalue weighted by Gasteiger charge is 2.36. The molecule has 1 heterocycles. The van der Waals surface area contributed by atoms with Crippen molar-refractivity contribution < 1.29 is 23.9 Å². The van der Waals surface area contributed by atoms with Crippen molar-refractivity contribution in [3.05, 3.63) is 53.1 Å². The number of methoxy groups -OCH3 is 1. The quantitative estimate of drug-likeness (QED) is 0.731. The Bertz CT molecular complexity index is 946. The van der Waals surface area contributed by atoms with Crippen molar-refractivity contribution in [2.24, 2.45) is 5.92 Å². The van der Waals surface area contributed by atoms with Crippen LogP contribution in [0.3, 0.4) is 0 Å². The molecule has 0 aromatic heterocycles. The number of hydrogen-bond acceptors (Lipinski definition) is 5. The number of anilines is 2. The molecule has 0 saturated carbocycles. The molecule has 1 atom stereocenters. The molecular weight excluding hydrogens is 396 g/mol. The van der Waals surface area contributed by atoms with Crippen molar-refractivity contribution in [3.8, 4) is 5.75 Å². The first-order valence-corrected chi connectivity index (χ1v) is 9.42. The van der Waals surface area contributed by atoms with E-state index in [1.54, 1.807) is 49.6 Å². The van der Waals surface area contributed by atoms with Crippen molar-refractivity contribution in [2.45, 2.75) is 13.3 Å². The maximum Gasteiger partial charge on any atom is 0.311 e. The normalized spacial score (nSPS) is 15.9. The molecule has 1 aliphatic rings. The third kappa shape index (κ3) is 5.06. The lowest BCUT2D eigenvalue weighted by molar-refractivity contribution is -0.151. The number of nitrogens with zero attached hydrogens (tertiary/aromatic N) is 1. The number of hydrogen-bond donors (Lipinski definition) is 1. The first kappa shape index (κ1) is 20.7. The van der Waals surface area contributed by atoms with E-state index in [9.17, 15) is 14.4 Å². The average molecular weight is 417 g/mol. The molecule has 0 aliphatic carbocycles. The van der Waals surface area contributed by atoms with E-state index < -0.39 is 24.4 Å². The molecule has 0 unspecified atom stereocenters. The summed E-state index contributed by atoms with van der Waals surface area (Å²) in [6.45, 7) is 1.61. The smallest absolute Gasteiger partial charge is 0.311 e. The molecule has 29 heavy (non-hydrogen) atoms. The van der Waals surface area contributed by atoms with Crippen LogP contribution in [0.1, 0.15) is 12.0 Å². The summed E-state index contributed by atoms with van der Waals surface area (Å²) in [7, 11) is 1.54. The molecule has 7 nitrogen and oxygen atoms in total. The SMILES string of the molecule is COc1cccc(N2C[C@H](C(=O)OCC(=O)Nc3ccc(C)c(Cl)c3)CC2=O)c1. The van der Waals surface area contributed by atoms with Gasteiger partial charge < -0.3 is 19.7 Å². The molecule has 2 aromatic rings. The van der Waals surface area contributed by atoms with Gasteiger partial charge in [0.05, 0.1) is 13.0 Å². The largest absolute Gasteiger partial charge is 0.497 e. The van der Waals surface area contributed by atoms with E-state index in [1.165, 1.54) is 4.90 Å². The maximum absolute atomic E-state index is 12.3. The molecule has 0 radical (unpaired) electrons. The van der Waals surface area contributed by atoms with E-state index >= 15 is 0 Å². The van der Waals surface area contributed by atoms with Crippen LogP contribution in [0.2, 0.25) is 5.02 Å². The van der Waals surface area contributed by atoms with Gasteiger partial charge in [0.1, 0.15) is 5.75 Å². The summed E-state index contributed by atoms with van der Waals surface area (Å²) in [6, 6.07) is 12.2. The van der Waals surface area contributed by atoms with E-state index in [1.807, 2.05) is 6.92 Å². The van der Waals surface area contributed by atoms with Gasteiger partial charge in [-0.05, 0) is 36.8 Å². The van der Waals surface area contributed by atoms with Crippen LogP contribution in [-0.2, 0) is 19.1 Å². The standard InChI is InChI=1S/C21H21ClN2O5/c1-13-6-7-15(9-18(13)22)23-19(25)12-29-21(27)14-8-20(26)24(11-14)16-4-3-5-17(10-16)28-2/h3-7,9-10,14H,8,11-12H2,1-2H3,(H,23,25)/t14-/m1/s1. The number of carbonyl (C=O) groups is 3. The summed E-state index contributed by atoms with van der Waals surface area (Å²) in [4.78, 5) is 38.2. The fourth-order valence-corrected chi connectivity index (χ4v) is 3.20. The van der Waals surface area contributed by atoms with Crippen molar-refractivity contribution in [1.82, 2.24) is 0 Å². The molecule has 2 amide bonds. The Morgan fingerprint density at radius 1 is 1.24 bits per heavy atom. The molecule has 0 bridgehead atoms. The number of benzene rings is 2. The number of halogens is 1. The number of esters is 1. The maximum atomic E-state index is 12.3. The minimum Gasteiger partial charge on any atom is -0.497 e. The van der Waals surface area contributed by atoms with Gasteiger partial charge in [0.25, 0.3) is 5.91 Å². The van der Waals surface area contributed by atoms with Gasteiger partial charge in [-0.2, -0.15) is 0 Å². The zero-order valence-corrected chi connectivity index (χ0v) is 16.9. The minimum atomic E-state index is -0.629. The number of amides is 2. The summed E-state index contributed by atoms with van der Waals surface area (Å²) < 4.78 is 10.3. The Balaban J connectivity index is 1.53. The van der Waals surface area contributed by atoms with Crippen molar-refractivity contribution in [1.29, 1.82) is 0 Å². The molecule has 1 fully saturated rings. The molecule has 8 heteroatoms. The molecule has 1 saturated heterocycles. The predicted octanol–water partition coefficient (Wildman–Crippen LogP) is 3.19. The molecule has 1 aliphatic heterocycles. The molecule has 0 spiro atoms. The van der Waals surface area contributed by atoms with Crippen molar-refractivity contribution in [3.63, 3.8) is 0 Å². The zero-order valence-electron chi connectivity index (χ0n) is 16.1.